The molecule has 0 unspecified atom stereocenters. The lowest BCUT2D eigenvalue weighted by molar-refractivity contribution is -0.130. The summed E-state index contributed by atoms with van der Waals surface area (Å²) in [6.07, 6.45) is 3.74. The van der Waals surface area contributed by atoms with E-state index in [1.165, 1.54) is 18.3 Å². The Kier molecular flexibility index (Phi) is 2.67. The highest BCUT2D eigenvalue weighted by Gasteiger charge is 2.21. The fraction of sp³-hybridized carbons (Fsp3) is 0.333. The van der Waals surface area contributed by atoms with Gasteiger partial charge in [0, 0.05) is 26.1 Å². The summed E-state index contributed by atoms with van der Waals surface area (Å²) in [6.45, 7) is 0. The molecule has 0 bridgehead atoms. The van der Waals surface area contributed by atoms with Crippen molar-refractivity contribution in [3.8, 4) is 0 Å². The van der Waals surface area contributed by atoms with Crippen LogP contribution in [0.25, 0.3) is 0 Å². The van der Waals surface area contributed by atoms with Gasteiger partial charge in [0.1, 0.15) is 5.71 Å². The van der Waals surface area contributed by atoms with Crippen LogP contribution in [0.3, 0.4) is 0 Å². The first kappa shape index (κ1) is 10.3. The number of H-pyrrole nitrogens is 1. The Balaban J connectivity index is 2.05. The quantitative estimate of drug-likeness (QED) is 0.733. The van der Waals surface area contributed by atoms with Gasteiger partial charge in [0.25, 0.3) is 5.91 Å². The first-order valence-corrected chi connectivity index (χ1v) is 4.81. The van der Waals surface area contributed by atoms with Gasteiger partial charge in [-0.3, -0.25) is 14.7 Å². The van der Waals surface area contributed by atoms with Crippen molar-refractivity contribution in [1.29, 1.82) is 0 Å². The Morgan fingerprint density at radius 2 is 2.38 bits per heavy atom. The van der Waals surface area contributed by atoms with E-state index >= 15 is 0 Å². The summed E-state index contributed by atoms with van der Waals surface area (Å²) in [5.41, 5.74) is 0.926. The first-order valence-electron chi connectivity index (χ1n) is 4.81. The topological polar surface area (TPSA) is 90.4 Å². The smallest absolute Gasteiger partial charge is 0.271 e. The molecule has 1 aromatic rings. The second kappa shape index (κ2) is 4.13. The van der Waals surface area contributed by atoms with E-state index < -0.39 is 0 Å². The van der Waals surface area contributed by atoms with Crippen LogP contribution in [0.15, 0.2) is 17.5 Å². The van der Waals surface area contributed by atoms with Crippen molar-refractivity contribution in [3.05, 3.63) is 12.4 Å². The van der Waals surface area contributed by atoms with Gasteiger partial charge in [-0.15, -0.1) is 0 Å². The van der Waals surface area contributed by atoms with E-state index in [0.29, 0.717) is 24.2 Å². The Bertz CT molecular complexity index is 437. The summed E-state index contributed by atoms with van der Waals surface area (Å²) in [5, 5.41) is 14.0. The molecule has 84 valence electrons. The summed E-state index contributed by atoms with van der Waals surface area (Å²) in [7, 11) is 1.53. The molecule has 0 aromatic carbocycles. The van der Waals surface area contributed by atoms with E-state index in [4.69, 9.17) is 0 Å². The third-order valence-corrected chi connectivity index (χ3v) is 2.23. The highest BCUT2D eigenvalue weighted by molar-refractivity contribution is 6.43. The number of hydrazone groups is 1. The van der Waals surface area contributed by atoms with Crippen LogP contribution in [0.1, 0.15) is 12.8 Å². The van der Waals surface area contributed by atoms with Crippen molar-refractivity contribution < 1.29 is 9.59 Å². The van der Waals surface area contributed by atoms with E-state index in [2.05, 4.69) is 20.6 Å². The molecular weight excluding hydrogens is 210 g/mol. The van der Waals surface area contributed by atoms with E-state index in [1.807, 2.05) is 0 Å². The number of amides is 2. The molecule has 0 spiro atoms. The Hall–Kier alpha value is -2.18. The third kappa shape index (κ3) is 2.08. The second-order valence-electron chi connectivity index (χ2n) is 3.41. The molecule has 2 heterocycles. The molecule has 1 aliphatic heterocycles. The lowest BCUT2D eigenvalue weighted by Gasteiger charge is -2.18. The Labute approximate surface area is 91.5 Å². The number of aromatic nitrogens is 2. The number of nitrogens with zero attached hydrogens (tertiary/aromatic N) is 3. The molecule has 0 saturated heterocycles. The summed E-state index contributed by atoms with van der Waals surface area (Å²) >= 11 is 0. The average molecular weight is 221 g/mol. The zero-order valence-electron chi connectivity index (χ0n) is 8.73. The minimum Gasteiger partial charge on any atom is -0.318 e. The number of nitrogens with one attached hydrogen (secondary N) is 2. The van der Waals surface area contributed by atoms with Crippen molar-refractivity contribution in [3.63, 3.8) is 0 Å². The molecule has 7 nitrogen and oxygen atoms in total. The predicted molar refractivity (Wildman–Crippen MR) is 56.7 cm³/mol. The number of rotatable bonds is 2. The number of hydrogen-bond donors (Lipinski definition) is 2. The van der Waals surface area contributed by atoms with Crippen molar-refractivity contribution in [2.75, 3.05) is 12.4 Å². The molecule has 7 heteroatoms. The fourth-order valence-corrected chi connectivity index (χ4v) is 1.36. The molecule has 1 aromatic heterocycles. The van der Waals surface area contributed by atoms with Gasteiger partial charge in [-0.25, -0.2) is 5.01 Å². The van der Waals surface area contributed by atoms with Crippen LogP contribution in [0.2, 0.25) is 0 Å². The average Bonchev–Trinajstić information content (AvgIpc) is 2.74. The minimum absolute atomic E-state index is 0.0835. The molecule has 0 fully saturated rings. The van der Waals surface area contributed by atoms with Gasteiger partial charge >= 0.3 is 0 Å². The predicted octanol–water partition coefficient (Wildman–Crippen LogP) is -0.0436. The normalized spacial score (nSPS) is 15.9. The lowest BCUT2D eigenvalue weighted by Crippen LogP contribution is -2.34. The van der Waals surface area contributed by atoms with Crippen LogP contribution >= 0.6 is 0 Å². The summed E-state index contributed by atoms with van der Waals surface area (Å²) in [6, 6.07) is 0. The fourth-order valence-electron chi connectivity index (χ4n) is 1.36. The molecule has 0 aliphatic carbocycles. The van der Waals surface area contributed by atoms with Crippen molar-refractivity contribution in [1.82, 2.24) is 15.2 Å². The SMILES string of the molecule is CN1N=C(C(=O)Nc2cn[nH]c2)CCC1=O. The second-order valence-corrected chi connectivity index (χ2v) is 3.41. The molecule has 0 radical (unpaired) electrons. The largest absolute Gasteiger partial charge is 0.318 e. The van der Waals surface area contributed by atoms with E-state index in [1.54, 1.807) is 6.20 Å². The van der Waals surface area contributed by atoms with Crippen LogP contribution in [0.5, 0.6) is 0 Å². The minimum atomic E-state index is -0.305. The zero-order valence-corrected chi connectivity index (χ0v) is 8.73. The highest BCUT2D eigenvalue weighted by atomic mass is 16.2. The Morgan fingerprint density at radius 1 is 1.56 bits per heavy atom. The van der Waals surface area contributed by atoms with Gasteiger partial charge in [-0.2, -0.15) is 10.2 Å². The van der Waals surface area contributed by atoms with Gasteiger partial charge in [0.05, 0.1) is 11.9 Å². The summed E-state index contributed by atoms with van der Waals surface area (Å²) < 4.78 is 0. The molecule has 2 amide bonds. The van der Waals surface area contributed by atoms with Crippen LogP contribution in [0, 0.1) is 0 Å². The van der Waals surface area contributed by atoms with E-state index in [0.717, 1.165) is 0 Å². The van der Waals surface area contributed by atoms with Gasteiger partial charge in [-0.1, -0.05) is 0 Å². The third-order valence-electron chi connectivity index (χ3n) is 2.23. The maximum atomic E-state index is 11.7. The molecule has 1 aliphatic rings. The van der Waals surface area contributed by atoms with Crippen LogP contribution < -0.4 is 5.32 Å². The van der Waals surface area contributed by atoms with E-state index in [-0.39, 0.29) is 11.8 Å². The van der Waals surface area contributed by atoms with Crippen molar-refractivity contribution in [2.24, 2.45) is 5.10 Å². The molecular formula is C9H11N5O2. The Morgan fingerprint density at radius 3 is 3.00 bits per heavy atom. The molecule has 16 heavy (non-hydrogen) atoms. The standard InChI is InChI=1S/C9H11N5O2/c1-14-8(15)3-2-7(13-14)9(16)12-6-4-10-11-5-6/h4-5H,2-3H2,1H3,(H,10,11)(H,12,16). The first-order chi connectivity index (χ1) is 7.66. The number of carbonyl (C=O) groups is 2. The van der Waals surface area contributed by atoms with Gasteiger partial charge in [0.15, 0.2) is 0 Å². The summed E-state index contributed by atoms with van der Waals surface area (Å²) in [5.74, 6) is -0.388. The zero-order chi connectivity index (χ0) is 11.5. The maximum absolute atomic E-state index is 11.7. The number of aromatic amines is 1. The number of carbonyl (C=O) groups excluding carboxylic acids is 2. The molecule has 2 rings (SSSR count). The molecule has 0 atom stereocenters. The molecule has 0 saturated carbocycles. The van der Waals surface area contributed by atoms with Crippen LogP contribution in [-0.2, 0) is 9.59 Å². The van der Waals surface area contributed by atoms with Crippen LogP contribution in [0.4, 0.5) is 5.69 Å². The highest BCUT2D eigenvalue weighted by Crippen LogP contribution is 2.09. The summed E-state index contributed by atoms with van der Waals surface area (Å²) in [4.78, 5) is 22.8. The number of hydrogen-bond acceptors (Lipinski definition) is 4. The molecule has 2 N–H and O–H groups in total. The van der Waals surface area contributed by atoms with Gasteiger partial charge in [0.2, 0.25) is 5.91 Å². The van der Waals surface area contributed by atoms with Gasteiger partial charge in [-0.05, 0) is 0 Å². The van der Waals surface area contributed by atoms with Gasteiger partial charge < -0.3 is 5.32 Å². The lowest BCUT2D eigenvalue weighted by atomic mass is 10.1. The maximum Gasteiger partial charge on any atom is 0.271 e. The van der Waals surface area contributed by atoms with Crippen molar-refractivity contribution >= 4 is 23.2 Å². The number of anilines is 1. The van der Waals surface area contributed by atoms with E-state index in [9.17, 15) is 9.59 Å². The van der Waals surface area contributed by atoms with Crippen molar-refractivity contribution in [2.45, 2.75) is 12.8 Å². The van der Waals surface area contributed by atoms with Crippen LogP contribution in [-0.4, -0.2) is 39.8 Å². The monoisotopic (exact) mass is 221 g/mol.